The van der Waals surface area contributed by atoms with Crippen LogP contribution in [0.3, 0.4) is 0 Å². The van der Waals surface area contributed by atoms with E-state index in [9.17, 15) is 13.6 Å². The van der Waals surface area contributed by atoms with Crippen LogP contribution in [0.25, 0.3) is 22.3 Å². The van der Waals surface area contributed by atoms with E-state index in [2.05, 4.69) is 10.1 Å². The summed E-state index contributed by atoms with van der Waals surface area (Å²) in [7, 11) is 1.62. The molecule has 3 aromatic heterocycles. The van der Waals surface area contributed by atoms with Gasteiger partial charge >= 0.3 is 5.69 Å². The van der Waals surface area contributed by atoms with Crippen LogP contribution in [-0.4, -0.2) is 19.3 Å². The van der Waals surface area contributed by atoms with Gasteiger partial charge in [0.15, 0.2) is 5.65 Å². The molecule has 0 bridgehead atoms. The Labute approximate surface area is 152 Å². The summed E-state index contributed by atoms with van der Waals surface area (Å²) in [5, 5.41) is 3.92. The Morgan fingerprint density at radius 1 is 1.19 bits per heavy atom. The van der Waals surface area contributed by atoms with Crippen LogP contribution in [0, 0.1) is 25.5 Å². The van der Waals surface area contributed by atoms with Crippen LogP contribution in [0.2, 0.25) is 0 Å². The average molecular weight is 370 g/mol. The predicted molar refractivity (Wildman–Crippen MR) is 95.4 cm³/mol. The van der Waals surface area contributed by atoms with Gasteiger partial charge in [0.05, 0.1) is 12.1 Å². The summed E-state index contributed by atoms with van der Waals surface area (Å²) in [6, 6.07) is 6.00. The van der Waals surface area contributed by atoms with Gasteiger partial charge in [0.2, 0.25) is 0 Å². The third-order valence-corrected chi connectivity index (χ3v) is 4.60. The maximum atomic E-state index is 14.5. The number of halogens is 2. The molecule has 1 aromatic carbocycles. The first-order chi connectivity index (χ1) is 12.9. The lowest BCUT2D eigenvalue weighted by Crippen LogP contribution is -2.22. The molecule has 27 heavy (non-hydrogen) atoms. The van der Waals surface area contributed by atoms with E-state index >= 15 is 0 Å². The van der Waals surface area contributed by atoms with Crippen LogP contribution < -0.4 is 5.69 Å². The van der Waals surface area contributed by atoms with Crippen molar-refractivity contribution in [2.45, 2.75) is 20.4 Å². The van der Waals surface area contributed by atoms with Gasteiger partial charge in [0.25, 0.3) is 0 Å². The van der Waals surface area contributed by atoms with Gasteiger partial charge in [-0.2, -0.15) is 0 Å². The molecular weight excluding hydrogens is 354 g/mol. The lowest BCUT2D eigenvalue weighted by molar-refractivity contribution is 0.389. The smallest absolute Gasteiger partial charge is 0.330 e. The van der Waals surface area contributed by atoms with Gasteiger partial charge in [0, 0.05) is 36.0 Å². The first kappa shape index (κ1) is 17.1. The van der Waals surface area contributed by atoms with Crippen LogP contribution in [0.5, 0.6) is 0 Å². The highest BCUT2D eigenvalue weighted by molar-refractivity contribution is 5.79. The van der Waals surface area contributed by atoms with E-state index in [0.29, 0.717) is 28.2 Å². The Balaban J connectivity index is 1.90. The van der Waals surface area contributed by atoms with E-state index in [-0.39, 0.29) is 23.4 Å². The van der Waals surface area contributed by atoms with Gasteiger partial charge in [0.1, 0.15) is 23.1 Å². The molecule has 4 rings (SSSR count). The molecule has 0 unspecified atom stereocenters. The highest BCUT2D eigenvalue weighted by Gasteiger charge is 2.17. The van der Waals surface area contributed by atoms with Gasteiger partial charge in [-0.05, 0) is 32.0 Å². The summed E-state index contributed by atoms with van der Waals surface area (Å²) in [4.78, 5) is 16.9. The van der Waals surface area contributed by atoms with E-state index in [1.807, 2.05) is 0 Å². The number of aryl methyl sites for hydroxylation is 2. The number of benzene rings is 1. The van der Waals surface area contributed by atoms with Crippen molar-refractivity contribution in [3.05, 3.63) is 69.6 Å². The van der Waals surface area contributed by atoms with Gasteiger partial charge < -0.3 is 4.52 Å². The fraction of sp³-hybridized carbons (Fsp3) is 0.211. The molecule has 3 heterocycles. The van der Waals surface area contributed by atoms with E-state index in [1.54, 1.807) is 26.1 Å². The number of rotatable bonds is 3. The van der Waals surface area contributed by atoms with Crippen molar-refractivity contribution in [2.75, 3.05) is 0 Å². The molecule has 0 aliphatic heterocycles. The molecule has 0 spiro atoms. The number of imidazole rings is 1. The van der Waals surface area contributed by atoms with E-state index in [0.717, 1.165) is 0 Å². The Hall–Kier alpha value is -3.29. The number of fused-ring (bicyclic) bond motifs is 1. The van der Waals surface area contributed by atoms with E-state index in [1.165, 1.54) is 34.4 Å². The normalized spacial score (nSPS) is 11.4. The second kappa shape index (κ2) is 6.15. The van der Waals surface area contributed by atoms with Crippen molar-refractivity contribution in [2.24, 2.45) is 7.05 Å². The first-order valence-corrected chi connectivity index (χ1v) is 8.29. The van der Waals surface area contributed by atoms with Crippen LogP contribution in [0.15, 0.2) is 39.8 Å². The van der Waals surface area contributed by atoms with Gasteiger partial charge in [-0.3, -0.25) is 9.13 Å². The lowest BCUT2D eigenvalue weighted by atomic mass is 10.0. The second-order valence-electron chi connectivity index (χ2n) is 6.46. The molecule has 8 heteroatoms. The Morgan fingerprint density at radius 3 is 2.67 bits per heavy atom. The van der Waals surface area contributed by atoms with Crippen molar-refractivity contribution in [1.82, 2.24) is 19.3 Å². The van der Waals surface area contributed by atoms with Crippen molar-refractivity contribution in [3.63, 3.8) is 0 Å². The SMILES string of the molecule is Cc1cc(Cn2c(=O)n(C)c3ncc(-c4ccc(F)c(C)c4F)cc32)no1. The second-order valence-corrected chi connectivity index (χ2v) is 6.46. The Bertz CT molecular complexity index is 1240. The molecule has 6 nitrogen and oxygen atoms in total. The molecule has 0 aliphatic carbocycles. The number of hydrogen-bond acceptors (Lipinski definition) is 4. The molecule has 0 saturated heterocycles. The van der Waals surface area contributed by atoms with Crippen LogP contribution in [0.1, 0.15) is 17.0 Å². The highest BCUT2D eigenvalue weighted by Crippen LogP contribution is 2.28. The van der Waals surface area contributed by atoms with Crippen molar-refractivity contribution in [3.8, 4) is 11.1 Å². The highest BCUT2D eigenvalue weighted by atomic mass is 19.1. The fourth-order valence-electron chi connectivity index (χ4n) is 3.12. The van der Waals surface area contributed by atoms with E-state index in [4.69, 9.17) is 4.52 Å². The molecule has 0 radical (unpaired) electrons. The summed E-state index contributed by atoms with van der Waals surface area (Å²) in [5.41, 5.74) is 1.94. The topological polar surface area (TPSA) is 65.8 Å². The summed E-state index contributed by atoms with van der Waals surface area (Å²) < 4.78 is 36.1. The molecule has 0 aliphatic rings. The van der Waals surface area contributed by atoms with Crippen molar-refractivity contribution >= 4 is 11.2 Å². The lowest BCUT2D eigenvalue weighted by Gasteiger charge is -2.07. The predicted octanol–water partition coefficient (Wildman–Crippen LogP) is 3.33. The van der Waals surface area contributed by atoms with Gasteiger partial charge in [-0.25, -0.2) is 18.6 Å². The zero-order valence-corrected chi connectivity index (χ0v) is 15.0. The quantitative estimate of drug-likeness (QED) is 0.555. The largest absolute Gasteiger partial charge is 0.361 e. The number of pyridine rings is 1. The summed E-state index contributed by atoms with van der Waals surface area (Å²) in [6.45, 7) is 3.34. The molecule has 0 fully saturated rings. The number of aromatic nitrogens is 4. The minimum Gasteiger partial charge on any atom is -0.361 e. The van der Waals surface area contributed by atoms with Gasteiger partial charge in [-0.1, -0.05) is 5.16 Å². The van der Waals surface area contributed by atoms with Gasteiger partial charge in [-0.15, -0.1) is 0 Å². The minimum atomic E-state index is -0.645. The maximum absolute atomic E-state index is 14.5. The minimum absolute atomic E-state index is 0.0591. The first-order valence-electron chi connectivity index (χ1n) is 8.29. The van der Waals surface area contributed by atoms with Crippen molar-refractivity contribution < 1.29 is 13.3 Å². The third-order valence-electron chi connectivity index (χ3n) is 4.60. The van der Waals surface area contributed by atoms with Crippen LogP contribution >= 0.6 is 0 Å². The molecule has 0 N–H and O–H groups in total. The Kier molecular flexibility index (Phi) is 3.91. The monoisotopic (exact) mass is 370 g/mol. The zero-order chi connectivity index (χ0) is 19.3. The molecule has 0 saturated carbocycles. The summed E-state index contributed by atoms with van der Waals surface area (Å²) >= 11 is 0. The third kappa shape index (κ3) is 2.73. The number of nitrogens with zero attached hydrogens (tertiary/aromatic N) is 4. The summed E-state index contributed by atoms with van der Waals surface area (Å²) in [5.74, 6) is -0.614. The molecular formula is C19H16F2N4O2. The molecule has 0 amide bonds. The zero-order valence-electron chi connectivity index (χ0n) is 15.0. The standard InChI is InChI=1S/C19H16F2N4O2/c1-10-6-13(23-27-10)9-25-16-7-12(8-22-18(16)24(3)19(25)26)14-4-5-15(20)11(2)17(14)21/h4-8H,9H2,1-3H3. The van der Waals surface area contributed by atoms with E-state index < -0.39 is 11.6 Å². The molecule has 138 valence electrons. The molecule has 0 atom stereocenters. The fourth-order valence-corrected chi connectivity index (χ4v) is 3.12. The maximum Gasteiger partial charge on any atom is 0.330 e. The Morgan fingerprint density at radius 2 is 1.96 bits per heavy atom. The van der Waals surface area contributed by atoms with Crippen LogP contribution in [0.4, 0.5) is 8.78 Å². The number of hydrogen-bond donors (Lipinski definition) is 0. The van der Waals surface area contributed by atoms with Crippen molar-refractivity contribution in [1.29, 1.82) is 0 Å². The summed E-state index contributed by atoms with van der Waals surface area (Å²) in [6.07, 6.45) is 1.47. The average Bonchev–Trinajstić information content (AvgIpc) is 3.16. The van der Waals surface area contributed by atoms with Crippen LogP contribution in [-0.2, 0) is 13.6 Å². The molecule has 4 aromatic rings.